The number of aromatic amines is 1. The van der Waals surface area contributed by atoms with Crippen LogP contribution >= 0.6 is 0 Å². The monoisotopic (exact) mass is 354 g/mol. The summed E-state index contributed by atoms with van der Waals surface area (Å²) in [6.45, 7) is 0.773. The van der Waals surface area contributed by atoms with Gasteiger partial charge in [-0.05, 0) is 42.3 Å². The number of hydrogen-bond acceptors (Lipinski definition) is 5. The maximum atomic E-state index is 8.86. The van der Waals surface area contributed by atoms with E-state index in [1.807, 2.05) is 24.3 Å². The minimum absolute atomic E-state index is 0.628. The molecule has 0 saturated heterocycles. The van der Waals surface area contributed by atoms with Gasteiger partial charge in [0.05, 0.1) is 11.6 Å². The van der Waals surface area contributed by atoms with Gasteiger partial charge in [0.15, 0.2) is 0 Å². The number of rotatable bonds is 6. The van der Waals surface area contributed by atoms with Crippen molar-refractivity contribution in [3.63, 3.8) is 0 Å². The van der Waals surface area contributed by atoms with Crippen LogP contribution in [-0.4, -0.2) is 21.5 Å². The highest BCUT2D eigenvalue weighted by Gasteiger charge is 2.04. The maximum absolute atomic E-state index is 8.86. The van der Waals surface area contributed by atoms with Crippen molar-refractivity contribution in [1.29, 1.82) is 5.26 Å². The average molecular weight is 354 g/mol. The Balaban J connectivity index is 1.38. The second kappa shape index (κ2) is 7.58. The largest absolute Gasteiger partial charge is 0.370 e. The smallest absolute Gasteiger partial charge is 0.135 e. The third-order valence-electron chi connectivity index (χ3n) is 4.33. The van der Waals surface area contributed by atoms with Crippen LogP contribution in [0.2, 0.25) is 0 Å². The molecule has 0 aliphatic heterocycles. The number of nitrogens with one attached hydrogen (secondary N) is 3. The Morgan fingerprint density at radius 1 is 1.00 bits per heavy atom. The van der Waals surface area contributed by atoms with Crippen LogP contribution in [0.5, 0.6) is 0 Å². The van der Waals surface area contributed by atoms with E-state index in [2.05, 4.69) is 56.1 Å². The molecule has 4 aromatic rings. The van der Waals surface area contributed by atoms with Gasteiger partial charge in [0.2, 0.25) is 0 Å². The van der Waals surface area contributed by atoms with E-state index in [1.54, 1.807) is 12.1 Å². The van der Waals surface area contributed by atoms with Crippen LogP contribution in [-0.2, 0) is 6.42 Å². The van der Waals surface area contributed by atoms with E-state index in [9.17, 15) is 0 Å². The fraction of sp³-hybridized carbons (Fsp3) is 0.0952. The summed E-state index contributed by atoms with van der Waals surface area (Å²) in [5.41, 5.74) is 3.94. The fourth-order valence-corrected chi connectivity index (χ4v) is 2.96. The van der Waals surface area contributed by atoms with Crippen LogP contribution in [0, 0.1) is 11.3 Å². The Labute approximate surface area is 156 Å². The molecule has 2 aromatic carbocycles. The van der Waals surface area contributed by atoms with Gasteiger partial charge in [-0.2, -0.15) is 5.26 Å². The highest BCUT2D eigenvalue weighted by molar-refractivity contribution is 5.83. The fourth-order valence-electron chi connectivity index (χ4n) is 2.96. The van der Waals surface area contributed by atoms with E-state index >= 15 is 0 Å². The molecule has 3 N–H and O–H groups in total. The van der Waals surface area contributed by atoms with Crippen LogP contribution in [0.15, 0.2) is 67.1 Å². The zero-order chi connectivity index (χ0) is 18.5. The standard InChI is InChI=1S/C21H18N6/c22-12-15-5-7-17(8-6-15)27-21-11-20(25-14-26-21)23-10-9-16-13-24-19-4-2-1-3-18(16)19/h1-8,11,13-14,24H,9-10H2,(H2,23,25,26,27). The van der Waals surface area contributed by atoms with Gasteiger partial charge in [0, 0.05) is 35.4 Å². The van der Waals surface area contributed by atoms with Gasteiger partial charge < -0.3 is 15.6 Å². The van der Waals surface area contributed by atoms with Crippen molar-refractivity contribution in [3.8, 4) is 6.07 Å². The molecule has 132 valence electrons. The summed E-state index contributed by atoms with van der Waals surface area (Å²) in [5, 5.41) is 16.7. The Bertz CT molecular complexity index is 1090. The Kier molecular flexibility index (Phi) is 4.66. The summed E-state index contributed by atoms with van der Waals surface area (Å²) < 4.78 is 0. The number of benzene rings is 2. The van der Waals surface area contributed by atoms with Crippen molar-refractivity contribution in [2.75, 3.05) is 17.2 Å². The van der Waals surface area contributed by atoms with Crippen LogP contribution in [0.3, 0.4) is 0 Å². The lowest BCUT2D eigenvalue weighted by atomic mass is 10.1. The van der Waals surface area contributed by atoms with Crippen LogP contribution in [0.25, 0.3) is 10.9 Å². The van der Waals surface area contributed by atoms with Crippen molar-refractivity contribution in [2.45, 2.75) is 6.42 Å². The summed E-state index contributed by atoms with van der Waals surface area (Å²) in [7, 11) is 0. The Hall–Kier alpha value is -3.85. The molecule has 0 fully saturated rings. The predicted molar refractivity (Wildman–Crippen MR) is 107 cm³/mol. The molecule has 0 aliphatic carbocycles. The van der Waals surface area contributed by atoms with Crippen molar-refractivity contribution >= 4 is 28.2 Å². The lowest BCUT2D eigenvalue weighted by Gasteiger charge is -2.08. The van der Waals surface area contributed by atoms with Crippen LogP contribution < -0.4 is 10.6 Å². The highest BCUT2D eigenvalue weighted by Crippen LogP contribution is 2.19. The van der Waals surface area contributed by atoms with Crippen LogP contribution in [0.1, 0.15) is 11.1 Å². The maximum Gasteiger partial charge on any atom is 0.135 e. The molecule has 0 atom stereocenters. The number of fused-ring (bicyclic) bond motifs is 1. The zero-order valence-electron chi connectivity index (χ0n) is 14.6. The average Bonchev–Trinajstić information content (AvgIpc) is 3.12. The Morgan fingerprint density at radius 3 is 2.67 bits per heavy atom. The molecule has 0 spiro atoms. The molecule has 27 heavy (non-hydrogen) atoms. The molecule has 0 saturated carbocycles. The van der Waals surface area contributed by atoms with E-state index in [0.29, 0.717) is 11.4 Å². The summed E-state index contributed by atoms with van der Waals surface area (Å²) in [6.07, 6.45) is 4.48. The number of para-hydroxylation sites is 1. The van der Waals surface area contributed by atoms with Gasteiger partial charge in [-0.3, -0.25) is 0 Å². The van der Waals surface area contributed by atoms with Gasteiger partial charge in [-0.15, -0.1) is 0 Å². The summed E-state index contributed by atoms with van der Waals surface area (Å²) in [4.78, 5) is 11.8. The summed E-state index contributed by atoms with van der Waals surface area (Å²) >= 11 is 0. The first-order valence-electron chi connectivity index (χ1n) is 8.70. The third kappa shape index (κ3) is 3.88. The first kappa shape index (κ1) is 16.6. The molecule has 0 bridgehead atoms. The topological polar surface area (TPSA) is 89.4 Å². The molecule has 0 radical (unpaired) electrons. The molecular weight excluding hydrogens is 336 g/mol. The second-order valence-electron chi connectivity index (χ2n) is 6.14. The molecule has 0 amide bonds. The first-order valence-corrected chi connectivity index (χ1v) is 8.70. The van der Waals surface area contributed by atoms with Crippen LogP contribution in [0.4, 0.5) is 17.3 Å². The minimum atomic E-state index is 0.628. The van der Waals surface area contributed by atoms with Crippen molar-refractivity contribution in [1.82, 2.24) is 15.0 Å². The van der Waals surface area contributed by atoms with E-state index in [-0.39, 0.29) is 0 Å². The SMILES string of the molecule is N#Cc1ccc(Nc2cc(NCCc3c[nH]c4ccccc34)ncn2)cc1. The Morgan fingerprint density at radius 2 is 1.81 bits per heavy atom. The molecule has 2 aromatic heterocycles. The number of anilines is 3. The van der Waals surface area contributed by atoms with Gasteiger partial charge in [0.25, 0.3) is 0 Å². The van der Waals surface area contributed by atoms with E-state index in [0.717, 1.165) is 30.0 Å². The third-order valence-corrected chi connectivity index (χ3v) is 4.33. The molecule has 4 rings (SSSR count). The first-order chi connectivity index (χ1) is 13.3. The van der Waals surface area contributed by atoms with E-state index in [1.165, 1.54) is 17.3 Å². The number of hydrogen-bond donors (Lipinski definition) is 3. The van der Waals surface area contributed by atoms with E-state index < -0.39 is 0 Å². The summed E-state index contributed by atoms with van der Waals surface area (Å²) in [5.74, 6) is 1.46. The lowest BCUT2D eigenvalue weighted by Crippen LogP contribution is -2.07. The molecule has 6 nitrogen and oxygen atoms in total. The van der Waals surface area contributed by atoms with Crippen molar-refractivity contribution in [3.05, 3.63) is 78.2 Å². The highest BCUT2D eigenvalue weighted by atomic mass is 15.1. The lowest BCUT2D eigenvalue weighted by molar-refractivity contribution is 1.01. The molecular formula is C21H18N6. The quantitative estimate of drug-likeness (QED) is 0.482. The second-order valence-corrected chi connectivity index (χ2v) is 6.14. The number of aromatic nitrogens is 3. The number of H-pyrrole nitrogens is 1. The van der Waals surface area contributed by atoms with E-state index in [4.69, 9.17) is 5.26 Å². The van der Waals surface area contributed by atoms with Gasteiger partial charge >= 0.3 is 0 Å². The number of nitrogens with zero attached hydrogens (tertiary/aromatic N) is 3. The van der Waals surface area contributed by atoms with Gasteiger partial charge in [-0.1, -0.05) is 18.2 Å². The molecule has 0 unspecified atom stereocenters. The normalized spacial score (nSPS) is 10.5. The van der Waals surface area contributed by atoms with Gasteiger partial charge in [-0.25, -0.2) is 9.97 Å². The zero-order valence-corrected chi connectivity index (χ0v) is 14.6. The van der Waals surface area contributed by atoms with Crippen molar-refractivity contribution < 1.29 is 0 Å². The number of nitriles is 1. The van der Waals surface area contributed by atoms with Gasteiger partial charge in [0.1, 0.15) is 18.0 Å². The predicted octanol–water partition coefficient (Wildman–Crippen LogP) is 4.23. The van der Waals surface area contributed by atoms with Crippen molar-refractivity contribution in [2.24, 2.45) is 0 Å². The molecule has 0 aliphatic rings. The minimum Gasteiger partial charge on any atom is -0.370 e. The summed E-state index contributed by atoms with van der Waals surface area (Å²) in [6, 6.07) is 19.5. The molecule has 6 heteroatoms. The molecule has 2 heterocycles.